The lowest BCUT2D eigenvalue weighted by Crippen LogP contribution is -2.31. The maximum absolute atomic E-state index is 12.4. The van der Waals surface area contributed by atoms with E-state index in [-0.39, 0.29) is 11.5 Å². The topological polar surface area (TPSA) is 66.8 Å². The highest BCUT2D eigenvalue weighted by Gasteiger charge is 2.32. The zero-order chi connectivity index (χ0) is 16.9. The number of nitrogens with zero attached hydrogens (tertiary/aromatic N) is 1. The van der Waals surface area contributed by atoms with Crippen LogP contribution < -0.4 is 0 Å². The Morgan fingerprint density at radius 2 is 1.79 bits per heavy atom. The summed E-state index contributed by atoms with van der Waals surface area (Å²) < 4.78 is 5.43. The van der Waals surface area contributed by atoms with Gasteiger partial charge in [-0.25, -0.2) is 4.79 Å². The summed E-state index contributed by atoms with van der Waals surface area (Å²) >= 11 is 0. The minimum atomic E-state index is -0.922. The van der Waals surface area contributed by atoms with Crippen LogP contribution in [-0.2, 0) is 16.0 Å². The molecule has 0 aliphatic carbocycles. The molecule has 1 atom stereocenters. The molecule has 0 aromatic heterocycles. The number of carbonyl (C=O) groups excluding carboxylic acids is 1. The molecule has 130 valence electrons. The number of hydrogen-bond donors (Lipinski definition) is 1. The van der Waals surface area contributed by atoms with Crippen molar-refractivity contribution in [3.63, 3.8) is 0 Å². The molecule has 3 rings (SSSR count). The molecule has 1 aromatic carbocycles. The second-order valence-electron chi connectivity index (χ2n) is 6.84. The molecular weight excluding hydrogens is 306 g/mol. The van der Waals surface area contributed by atoms with E-state index in [1.165, 1.54) is 0 Å². The molecule has 0 radical (unpaired) electrons. The standard InChI is InChI=1S/C19H25NO4/c21-18(6-3-14-1-4-16(5-2-14)19(22)23)20-10-7-17(13-20)15-8-11-24-12-9-15/h1-2,4-5,15,17H,3,6-13H2,(H,22,23). The SMILES string of the molecule is O=C(O)c1ccc(CCC(=O)N2CCC(C3CCOCC3)C2)cc1. The van der Waals surface area contributed by atoms with E-state index in [2.05, 4.69) is 0 Å². The predicted octanol–water partition coefficient (Wildman–Crippen LogP) is 2.59. The predicted molar refractivity (Wildman–Crippen MR) is 90.0 cm³/mol. The second kappa shape index (κ2) is 7.79. The molecule has 2 saturated heterocycles. The van der Waals surface area contributed by atoms with Crippen molar-refractivity contribution >= 4 is 11.9 Å². The highest BCUT2D eigenvalue weighted by Crippen LogP contribution is 2.31. The third-order valence-corrected chi connectivity index (χ3v) is 5.34. The van der Waals surface area contributed by atoms with Crippen molar-refractivity contribution in [1.82, 2.24) is 4.90 Å². The van der Waals surface area contributed by atoms with Gasteiger partial charge in [-0.2, -0.15) is 0 Å². The van der Waals surface area contributed by atoms with E-state index in [1.807, 2.05) is 4.90 Å². The molecule has 1 amide bonds. The van der Waals surface area contributed by atoms with Crippen LogP contribution in [0.25, 0.3) is 0 Å². The van der Waals surface area contributed by atoms with Crippen LogP contribution in [0.4, 0.5) is 0 Å². The van der Waals surface area contributed by atoms with E-state index < -0.39 is 5.97 Å². The van der Waals surface area contributed by atoms with Crippen LogP contribution in [0, 0.1) is 11.8 Å². The molecular formula is C19H25NO4. The van der Waals surface area contributed by atoms with Gasteiger partial charge in [-0.3, -0.25) is 4.79 Å². The van der Waals surface area contributed by atoms with Crippen molar-refractivity contribution in [2.24, 2.45) is 11.8 Å². The van der Waals surface area contributed by atoms with Gasteiger partial charge in [-0.1, -0.05) is 12.1 Å². The summed E-state index contributed by atoms with van der Waals surface area (Å²) in [5, 5.41) is 8.90. The summed E-state index contributed by atoms with van der Waals surface area (Å²) in [6.07, 6.45) is 4.53. The molecule has 1 N–H and O–H groups in total. The van der Waals surface area contributed by atoms with Crippen LogP contribution in [0.1, 0.15) is 41.6 Å². The monoisotopic (exact) mass is 331 g/mol. The summed E-state index contributed by atoms with van der Waals surface area (Å²) in [5.74, 6) is 0.633. The maximum Gasteiger partial charge on any atom is 0.335 e. The molecule has 1 unspecified atom stereocenters. The van der Waals surface area contributed by atoms with Crippen molar-refractivity contribution in [3.05, 3.63) is 35.4 Å². The Hall–Kier alpha value is -1.88. The quantitative estimate of drug-likeness (QED) is 0.900. The third-order valence-electron chi connectivity index (χ3n) is 5.34. The van der Waals surface area contributed by atoms with Crippen LogP contribution in [-0.4, -0.2) is 48.2 Å². The zero-order valence-electron chi connectivity index (χ0n) is 13.9. The van der Waals surface area contributed by atoms with Gasteiger partial charge in [0.05, 0.1) is 5.56 Å². The third kappa shape index (κ3) is 4.15. The second-order valence-corrected chi connectivity index (χ2v) is 6.84. The number of carbonyl (C=O) groups is 2. The van der Waals surface area contributed by atoms with Crippen molar-refractivity contribution < 1.29 is 19.4 Å². The Morgan fingerprint density at radius 1 is 1.08 bits per heavy atom. The van der Waals surface area contributed by atoms with Gasteiger partial charge < -0.3 is 14.7 Å². The summed E-state index contributed by atoms with van der Waals surface area (Å²) in [4.78, 5) is 25.3. The number of benzene rings is 1. The van der Waals surface area contributed by atoms with E-state index in [0.29, 0.717) is 24.7 Å². The summed E-state index contributed by atoms with van der Waals surface area (Å²) in [5.41, 5.74) is 1.29. The highest BCUT2D eigenvalue weighted by molar-refractivity contribution is 5.87. The fraction of sp³-hybridized carbons (Fsp3) is 0.579. The molecule has 2 aliphatic rings. The van der Waals surface area contributed by atoms with Gasteiger partial charge in [0.2, 0.25) is 5.91 Å². The lowest BCUT2D eigenvalue weighted by atomic mass is 9.85. The number of aryl methyl sites for hydroxylation is 1. The minimum absolute atomic E-state index is 0.215. The Kier molecular flexibility index (Phi) is 5.51. The van der Waals surface area contributed by atoms with Crippen molar-refractivity contribution in [2.75, 3.05) is 26.3 Å². The normalized spacial score (nSPS) is 21.8. The average Bonchev–Trinajstić information content (AvgIpc) is 3.11. The zero-order valence-corrected chi connectivity index (χ0v) is 13.9. The van der Waals surface area contributed by atoms with Gasteiger partial charge in [0.25, 0.3) is 0 Å². The van der Waals surface area contributed by atoms with Gasteiger partial charge in [-0.05, 0) is 55.2 Å². The molecule has 5 heteroatoms. The van der Waals surface area contributed by atoms with Gasteiger partial charge in [0, 0.05) is 32.7 Å². The van der Waals surface area contributed by atoms with Crippen LogP contribution in [0.2, 0.25) is 0 Å². The van der Waals surface area contributed by atoms with E-state index in [9.17, 15) is 9.59 Å². The van der Waals surface area contributed by atoms with Crippen LogP contribution in [0.3, 0.4) is 0 Å². The van der Waals surface area contributed by atoms with Crippen LogP contribution in [0.15, 0.2) is 24.3 Å². The first-order chi connectivity index (χ1) is 11.6. The smallest absolute Gasteiger partial charge is 0.335 e. The average molecular weight is 331 g/mol. The number of amides is 1. The number of hydrogen-bond acceptors (Lipinski definition) is 3. The lowest BCUT2D eigenvalue weighted by Gasteiger charge is -2.27. The van der Waals surface area contributed by atoms with E-state index in [1.54, 1.807) is 24.3 Å². The Morgan fingerprint density at radius 3 is 2.46 bits per heavy atom. The van der Waals surface area contributed by atoms with Gasteiger partial charge in [-0.15, -0.1) is 0 Å². The molecule has 5 nitrogen and oxygen atoms in total. The molecule has 0 saturated carbocycles. The van der Waals surface area contributed by atoms with E-state index >= 15 is 0 Å². The molecule has 0 bridgehead atoms. The highest BCUT2D eigenvalue weighted by atomic mass is 16.5. The van der Waals surface area contributed by atoms with E-state index in [4.69, 9.17) is 9.84 Å². The number of likely N-dealkylation sites (tertiary alicyclic amines) is 1. The van der Waals surface area contributed by atoms with E-state index in [0.717, 1.165) is 51.1 Å². The fourth-order valence-corrected chi connectivity index (χ4v) is 3.81. The first kappa shape index (κ1) is 17.0. The van der Waals surface area contributed by atoms with Gasteiger partial charge >= 0.3 is 5.97 Å². The van der Waals surface area contributed by atoms with Crippen molar-refractivity contribution in [3.8, 4) is 0 Å². The van der Waals surface area contributed by atoms with Crippen LogP contribution in [0.5, 0.6) is 0 Å². The van der Waals surface area contributed by atoms with Gasteiger partial charge in [0.15, 0.2) is 0 Å². The maximum atomic E-state index is 12.4. The largest absolute Gasteiger partial charge is 0.478 e. The number of rotatable bonds is 5. The number of carboxylic acid groups (broad SMARTS) is 1. The number of aromatic carboxylic acids is 1. The van der Waals surface area contributed by atoms with Crippen LogP contribution >= 0.6 is 0 Å². The van der Waals surface area contributed by atoms with Gasteiger partial charge in [0.1, 0.15) is 0 Å². The Balaban J connectivity index is 1.46. The Labute approximate surface area is 142 Å². The number of ether oxygens (including phenoxy) is 1. The van der Waals surface area contributed by atoms with Crippen molar-refractivity contribution in [1.29, 1.82) is 0 Å². The summed E-state index contributed by atoms with van der Waals surface area (Å²) in [6.45, 7) is 3.49. The fourth-order valence-electron chi connectivity index (χ4n) is 3.81. The Bertz CT molecular complexity index is 578. The van der Waals surface area contributed by atoms with Crippen molar-refractivity contribution in [2.45, 2.75) is 32.1 Å². The molecule has 2 aliphatic heterocycles. The minimum Gasteiger partial charge on any atom is -0.478 e. The first-order valence-electron chi connectivity index (χ1n) is 8.81. The first-order valence-corrected chi connectivity index (χ1v) is 8.81. The lowest BCUT2D eigenvalue weighted by molar-refractivity contribution is -0.130. The number of carboxylic acids is 1. The summed E-state index contributed by atoms with van der Waals surface area (Å²) in [6, 6.07) is 6.79. The molecule has 2 heterocycles. The molecule has 24 heavy (non-hydrogen) atoms. The molecule has 2 fully saturated rings. The summed E-state index contributed by atoms with van der Waals surface area (Å²) in [7, 11) is 0. The molecule has 0 spiro atoms. The molecule has 1 aromatic rings.